The lowest BCUT2D eigenvalue weighted by atomic mass is 10.0. The third-order valence-corrected chi connectivity index (χ3v) is 2.69. The fourth-order valence-corrected chi connectivity index (χ4v) is 1.79. The fraction of sp³-hybridized carbons (Fsp3) is 0. The van der Waals surface area contributed by atoms with Gasteiger partial charge in [0, 0.05) is 13.2 Å². The summed E-state index contributed by atoms with van der Waals surface area (Å²) in [6, 6.07) is 5.94. The minimum absolute atomic E-state index is 0. The molecule has 20 heavy (non-hydrogen) atoms. The van der Waals surface area contributed by atoms with Crippen LogP contribution in [-0.2, 0) is 4.74 Å². The Kier molecular flexibility index (Phi) is 3.53. The number of benzene rings is 1. The van der Waals surface area contributed by atoms with Gasteiger partial charge in [-0.2, -0.15) is 5.26 Å². The van der Waals surface area contributed by atoms with Crippen LogP contribution in [0.25, 0.3) is 11.1 Å². The molecule has 1 aromatic heterocycles. The zero-order valence-electron chi connectivity index (χ0n) is 10.3. The highest BCUT2D eigenvalue weighted by molar-refractivity contribution is 5.99. The number of nitrogens with one attached hydrogen (secondary N) is 1. The van der Waals surface area contributed by atoms with E-state index in [1.807, 2.05) is 6.07 Å². The van der Waals surface area contributed by atoms with Crippen molar-refractivity contribution in [1.82, 2.24) is 4.98 Å². The highest BCUT2D eigenvalue weighted by atomic mass is 19.1. The van der Waals surface area contributed by atoms with Crippen LogP contribution in [0.2, 0.25) is 0 Å². The second-order valence-corrected chi connectivity index (χ2v) is 3.87. The standard InChI is InChI=1S/C14H10FN3O2.H2/c1-2-20-14(19)9-7-18-12(6-16)13(9)8-3-4-11(17)10(15)5-8;/h2-5,7,18H,1,17H2;1H. The van der Waals surface area contributed by atoms with Gasteiger partial charge in [-0.05, 0) is 17.7 Å². The van der Waals surface area contributed by atoms with E-state index in [-0.39, 0.29) is 23.9 Å². The summed E-state index contributed by atoms with van der Waals surface area (Å²) in [5.41, 5.74) is 6.25. The van der Waals surface area contributed by atoms with Crippen LogP contribution in [0.15, 0.2) is 37.2 Å². The molecule has 0 fully saturated rings. The number of aromatic nitrogens is 1. The number of hydrogen-bond donors (Lipinski definition) is 2. The summed E-state index contributed by atoms with van der Waals surface area (Å²) in [7, 11) is 0. The maximum absolute atomic E-state index is 13.5. The van der Waals surface area contributed by atoms with Crippen LogP contribution in [0, 0.1) is 17.1 Å². The molecule has 2 aromatic rings. The van der Waals surface area contributed by atoms with Crippen LogP contribution < -0.4 is 5.73 Å². The summed E-state index contributed by atoms with van der Waals surface area (Å²) in [5.74, 6) is -1.32. The minimum atomic E-state index is -0.690. The van der Waals surface area contributed by atoms with Gasteiger partial charge in [0.05, 0.1) is 17.5 Å². The number of esters is 1. The van der Waals surface area contributed by atoms with Crippen LogP contribution in [0.5, 0.6) is 0 Å². The van der Waals surface area contributed by atoms with E-state index in [0.717, 1.165) is 12.3 Å². The minimum Gasteiger partial charge on any atom is -0.431 e. The number of carbonyl (C=O) groups excluding carboxylic acids is 1. The monoisotopic (exact) mass is 273 g/mol. The Labute approximate surface area is 115 Å². The molecule has 0 unspecified atom stereocenters. The molecule has 0 atom stereocenters. The number of nitrogen functional groups attached to an aromatic ring is 1. The van der Waals surface area contributed by atoms with Gasteiger partial charge in [0.1, 0.15) is 17.6 Å². The highest BCUT2D eigenvalue weighted by Gasteiger charge is 2.20. The number of nitrogens with two attached hydrogens (primary N) is 1. The molecule has 0 aliphatic heterocycles. The Morgan fingerprint density at radius 2 is 2.35 bits per heavy atom. The van der Waals surface area contributed by atoms with Gasteiger partial charge in [0.15, 0.2) is 0 Å². The SMILES string of the molecule is C=COC(=O)c1c[nH]c(C#N)c1-c1ccc(N)c(F)c1.[HH]. The van der Waals surface area contributed by atoms with Crippen LogP contribution in [0.4, 0.5) is 10.1 Å². The van der Waals surface area contributed by atoms with Crippen molar-refractivity contribution in [2.75, 3.05) is 5.73 Å². The number of anilines is 1. The molecule has 0 aliphatic carbocycles. The second-order valence-electron chi connectivity index (χ2n) is 3.87. The first-order valence-corrected chi connectivity index (χ1v) is 5.57. The van der Waals surface area contributed by atoms with Crippen molar-refractivity contribution in [3.8, 4) is 17.2 Å². The van der Waals surface area contributed by atoms with E-state index >= 15 is 0 Å². The predicted molar refractivity (Wildman–Crippen MR) is 73.0 cm³/mol. The van der Waals surface area contributed by atoms with Gasteiger partial charge in [-0.25, -0.2) is 9.18 Å². The molecule has 0 spiro atoms. The summed E-state index contributed by atoms with van der Waals surface area (Å²) in [5, 5.41) is 9.06. The van der Waals surface area contributed by atoms with Gasteiger partial charge in [-0.3, -0.25) is 0 Å². The number of ether oxygens (including phenoxy) is 1. The van der Waals surface area contributed by atoms with Gasteiger partial charge in [0.2, 0.25) is 0 Å². The van der Waals surface area contributed by atoms with Crippen LogP contribution >= 0.6 is 0 Å². The van der Waals surface area contributed by atoms with E-state index in [2.05, 4.69) is 16.3 Å². The lowest BCUT2D eigenvalue weighted by Crippen LogP contribution is -2.01. The molecule has 0 aliphatic rings. The van der Waals surface area contributed by atoms with E-state index < -0.39 is 11.8 Å². The topological polar surface area (TPSA) is 91.9 Å². The van der Waals surface area contributed by atoms with Gasteiger partial charge in [0.25, 0.3) is 0 Å². The van der Waals surface area contributed by atoms with Crippen molar-refractivity contribution < 1.29 is 15.3 Å². The number of aromatic amines is 1. The molecular weight excluding hydrogens is 261 g/mol. The summed E-state index contributed by atoms with van der Waals surface area (Å²) in [4.78, 5) is 14.4. The average molecular weight is 273 g/mol. The first-order chi connectivity index (χ1) is 9.58. The molecule has 1 heterocycles. The van der Waals surface area contributed by atoms with E-state index in [0.29, 0.717) is 5.56 Å². The van der Waals surface area contributed by atoms with Crippen molar-refractivity contribution in [2.24, 2.45) is 0 Å². The van der Waals surface area contributed by atoms with Crippen molar-refractivity contribution in [2.45, 2.75) is 0 Å². The van der Waals surface area contributed by atoms with Gasteiger partial charge < -0.3 is 15.5 Å². The molecule has 0 radical (unpaired) electrons. The number of rotatable bonds is 3. The number of hydrogen-bond acceptors (Lipinski definition) is 4. The lowest BCUT2D eigenvalue weighted by Gasteiger charge is -2.05. The van der Waals surface area contributed by atoms with Crippen molar-refractivity contribution in [3.63, 3.8) is 0 Å². The molecule has 1 aromatic carbocycles. The Morgan fingerprint density at radius 1 is 1.60 bits per heavy atom. The fourth-order valence-electron chi connectivity index (χ4n) is 1.79. The van der Waals surface area contributed by atoms with E-state index in [9.17, 15) is 9.18 Å². The average Bonchev–Trinajstić information content (AvgIpc) is 2.86. The van der Waals surface area contributed by atoms with E-state index in [1.165, 1.54) is 18.3 Å². The Balaban J connectivity index is 0.00000220. The molecule has 3 N–H and O–H groups in total. The summed E-state index contributed by atoms with van der Waals surface area (Å²) in [6.07, 6.45) is 2.31. The summed E-state index contributed by atoms with van der Waals surface area (Å²) >= 11 is 0. The molecule has 2 rings (SSSR count). The summed E-state index contributed by atoms with van der Waals surface area (Å²) in [6.45, 7) is 3.29. The number of H-pyrrole nitrogens is 1. The second kappa shape index (κ2) is 5.28. The van der Waals surface area contributed by atoms with Gasteiger partial charge in [-0.15, -0.1) is 0 Å². The van der Waals surface area contributed by atoms with Crippen LogP contribution in [0.1, 0.15) is 17.5 Å². The summed E-state index contributed by atoms with van der Waals surface area (Å²) < 4.78 is 18.2. The van der Waals surface area contributed by atoms with Crippen molar-refractivity contribution >= 4 is 11.7 Å². The highest BCUT2D eigenvalue weighted by Crippen LogP contribution is 2.30. The lowest BCUT2D eigenvalue weighted by molar-refractivity contribution is 0.0665. The van der Waals surface area contributed by atoms with E-state index in [4.69, 9.17) is 11.0 Å². The zero-order valence-corrected chi connectivity index (χ0v) is 10.3. The molecule has 0 saturated carbocycles. The molecule has 5 nitrogen and oxygen atoms in total. The normalized spacial score (nSPS) is 9.80. The Bertz CT molecular complexity index is 734. The number of halogens is 1. The van der Waals surface area contributed by atoms with Gasteiger partial charge in [-0.1, -0.05) is 12.6 Å². The number of nitrogens with zero attached hydrogens (tertiary/aromatic N) is 1. The van der Waals surface area contributed by atoms with E-state index in [1.54, 1.807) is 0 Å². The van der Waals surface area contributed by atoms with Crippen molar-refractivity contribution in [1.29, 1.82) is 5.26 Å². The number of nitriles is 1. The van der Waals surface area contributed by atoms with Crippen molar-refractivity contribution in [3.05, 3.63) is 54.3 Å². The molecule has 6 heteroatoms. The Hall–Kier alpha value is -3.07. The predicted octanol–water partition coefficient (Wildman–Crippen LogP) is 2.82. The Morgan fingerprint density at radius 3 is 2.95 bits per heavy atom. The van der Waals surface area contributed by atoms with Crippen LogP contribution in [-0.4, -0.2) is 11.0 Å². The molecule has 0 bridgehead atoms. The maximum Gasteiger partial charge on any atom is 0.345 e. The quantitative estimate of drug-likeness (QED) is 0.511. The first kappa shape index (κ1) is 13.4. The van der Waals surface area contributed by atoms with Gasteiger partial charge >= 0.3 is 5.97 Å². The number of carbonyl (C=O) groups is 1. The third-order valence-electron chi connectivity index (χ3n) is 2.69. The van der Waals surface area contributed by atoms with Crippen LogP contribution in [0.3, 0.4) is 0 Å². The molecule has 0 saturated heterocycles. The first-order valence-electron chi connectivity index (χ1n) is 5.57. The maximum atomic E-state index is 13.5. The third kappa shape index (κ3) is 2.24. The largest absolute Gasteiger partial charge is 0.431 e. The molecular formula is C14H12FN3O2. The zero-order chi connectivity index (χ0) is 14.7. The smallest absolute Gasteiger partial charge is 0.345 e. The molecule has 0 amide bonds. The molecule has 102 valence electrons.